The number of carbonyl (C=O) groups excluding carboxylic acids is 2. The lowest BCUT2D eigenvalue weighted by Crippen LogP contribution is -2.36. The van der Waals surface area contributed by atoms with Crippen molar-refractivity contribution in [3.05, 3.63) is 58.1 Å². The molecule has 0 aromatic heterocycles. The summed E-state index contributed by atoms with van der Waals surface area (Å²) in [5.41, 5.74) is 3.55. The quantitative estimate of drug-likeness (QED) is 0.697. The molecule has 3 rings (SSSR count). The fraction of sp³-hybridized carbons (Fsp3) is 0.333. The molecule has 5 nitrogen and oxygen atoms in total. The molecule has 1 aliphatic heterocycles. The first kappa shape index (κ1) is 19.6. The van der Waals surface area contributed by atoms with Gasteiger partial charge in [-0.1, -0.05) is 28.1 Å². The maximum Gasteiger partial charge on any atom is 0.224 e. The van der Waals surface area contributed by atoms with E-state index in [1.54, 1.807) is 12.1 Å². The molecule has 1 N–H and O–H groups in total. The summed E-state index contributed by atoms with van der Waals surface area (Å²) in [6.07, 6.45) is 0.359. The number of ketones is 1. The summed E-state index contributed by atoms with van der Waals surface area (Å²) < 4.78 is 6.31. The monoisotopic (exact) mass is 430 g/mol. The van der Waals surface area contributed by atoms with Crippen LogP contribution in [0.25, 0.3) is 0 Å². The number of nitrogens with zero attached hydrogens (tertiary/aromatic N) is 1. The first-order valence-electron chi connectivity index (χ1n) is 9.05. The van der Waals surface area contributed by atoms with Crippen LogP contribution in [0.15, 0.2) is 46.9 Å². The summed E-state index contributed by atoms with van der Waals surface area (Å²) >= 11 is 3.35. The number of hydrogen-bond donors (Lipinski definition) is 1. The highest BCUT2D eigenvalue weighted by Gasteiger charge is 2.14. The zero-order valence-electron chi connectivity index (χ0n) is 15.3. The molecule has 0 radical (unpaired) electrons. The minimum Gasteiger partial charge on any atom is -0.378 e. The Bertz CT molecular complexity index is 815. The Morgan fingerprint density at radius 2 is 1.78 bits per heavy atom. The van der Waals surface area contributed by atoms with E-state index in [0.29, 0.717) is 5.56 Å². The molecule has 1 aliphatic rings. The van der Waals surface area contributed by atoms with E-state index in [9.17, 15) is 9.59 Å². The van der Waals surface area contributed by atoms with Crippen molar-refractivity contribution in [3.8, 4) is 0 Å². The number of hydrogen-bond acceptors (Lipinski definition) is 4. The number of Topliss-reactive ketones (excluding diaryl/α,β-unsaturated/α-hetero) is 1. The number of anilines is 2. The van der Waals surface area contributed by atoms with Gasteiger partial charge in [0.15, 0.2) is 5.78 Å². The van der Waals surface area contributed by atoms with Crippen LogP contribution >= 0.6 is 15.9 Å². The summed E-state index contributed by atoms with van der Waals surface area (Å²) in [7, 11) is 0. The van der Waals surface area contributed by atoms with Crippen molar-refractivity contribution in [1.82, 2.24) is 0 Å². The lowest BCUT2D eigenvalue weighted by Gasteiger charge is -2.29. The van der Waals surface area contributed by atoms with Gasteiger partial charge in [0.2, 0.25) is 5.91 Å². The number of halogens is 1. The highest BCUT2D eigenvalue weighted by atomic mass is 79.9. The number of aryl methyl sites for hydroxylation is 1. The number of ether oxygens (including phenoxy) is 1. The molecular weight excluding hydrogens is 408 g/mol. The Balaban J connectivity index is 1.54. The summed E-state index contributed by atoms with van der Waals surface area (Å²) in [5.74, 6) is -0.181. The average molecular weight is 431 g/mol. The molecule has 142 valence electrons. The van der Waals surface area contributed by atoms with E-state index < -0.39 is 0 Å². The van der Waals surface area contributed by atoms with E-state index in [-0.39, 0.29) is 24.5 Å². The van der Waals surface area contributed by atoms with E-state index >= 15 is 0 Å². The maximum absolute atomic E-state index is 12.2. The molecule has 0 aliphatic carbocycles. The van der Waals surface area contributed by atoms with Crippen LogP contribution in [0.3, 0.4) is 0 Å². The van der Waals surface area contributed by atoms with E-state index in [1.807, 2.05) is 31.2 Å². The Morgan fingerprint density at radius 3 is 2.44 bits per heavy atom. The second-order valence-electron chi connectivity index (χ2n) is 6.58. The van der Waals surface area contributed by atoms with Gasteiger partial charge in [-0.05, 0) is 42.8 Å². The molecule has 0 saturated carbocycles. The third-order valence-corrected chi connectivity index (χ3v) is 5.13. The molecular formula is C21H23BrN2O3. The summed E-state index contributed by atoms with van der Waals surface area (Å²) in [6, 6.07) is 13.2. The largest absolute Gasteiger partial charge is 0.378 e. The maximum atomic E-state index is 12.2. The average Bonchev–Trinajstić information content (AvgIpc) is 2.69. The molecule has 6 heteroatoms. The van der Waals surface area contributed by atoms with E-state index in [0.717, 1.165) is 47.7 Å². The van der Waals surface area contributed by atoms with E-state index in [4.69, 9.17) is 4.74 Å². The molecule has 1 heterocycles. The van der Waals surface area contributed by atoms with Crippen molar-refractivity contribution in [2.24, 2.45) is 0 Å². The molecule has 1 saturated heterocycles. The normalized spacial score (nSPS) is 14.1. The van der Waals surface area contributed by atoms with Crippen LogP contribution in [0.1, 0.15) is 28.8 Å². The van der Waals surface area contributed by atoms with Crippen molar-refractivity contribution in [3.63, 3.8) is 0 Å². The minimum atomic E-state index is -0.150. The smallest absolute Gasteiger partial charge is 0.224 e. The van der Waals surface area contributed by atoms with Gasteiger partial charge < -0.3 is 15.0 Å². The fourth-order valence-corrected chi connectivity index (χ4v) is 3.29. The standard InChI is InChI=1S/C21H23BrN2O3/c1-15-14-18(24-10-12-27-13-11-24)6-7-19(15)23-21(26)9-8-20(25)16-2-4-17(22)5-3-16/h2-7,14H,8-13H2,1H3,(H,23,26). The van der Waals surface area contributed by atoms with E-state index in [1.165, 1.54) is 0 Å². The number of amides is 1. The Kier molecular flexibility index (Phi) is 6.63. The van der Waals surface area contributed by atoms with Crippen molar-refractivity contribution in [2.45, 2.75) is 19.8 Å². The van der Waals surface area contributed by atoms with Gasteiger partial charge >= 0.3 is 0 Å². The van der Waals surface area contributed by atoms with Crippen LogP contribution in [0.5, 0.6) is 0 Å². The van der Waals surface area contributed by atoms with Gasteiger partial charge in [0.1, 0.15) is 0 Å². The minimum absolute atomic E-state index is 0.0305. The number of rotatable bonds is 6. The predicted octanol–water partition coefficient (Wildman–Crippen LogP) is 4.20. The number of benzene rings is 2. The van der Waals surface area contributed by atoms with Crippen molar-refractivity contribution < 1.29 is 14.3 Å². The third kappa shape index (κ3) is 5.40. The second kappa shape index (κ2) is 9.15. The Hall–Kier alpha value is -2.18. The van der Waals surface area contributed by atoms with Crippen LogP contribution in [0.2, 0.25) is 0 Å². The van der Waals surface area contributed by atoms with Crippen LogP contribution in [-0.4, -0.2) is 38.0 Å². The first-order chi connectivity index (χ1) is 13.0. The molecule has 0 spiro atoms. The van der Waals surface area contributed by atoms with Crippen molar-refractivity contribution in [2.75, 3.05) is 36.5 Å². The van der Waals surface area contributed by atoms with Crippen LogP contribution in [0, 0.1) is 6.92 Å². The third-order valence-electron chi connectivity index (χ3n) is 4.61. The molecule has 2 aromatic carbocycles. The highest BCUT2D eigenvalue weighted by Crippen LogP contribution is 2.24. The number of morpholine rings is 1. The lowest BCUT2D eigenvalue weighted by molar-refractivity contribution is -0.116. The van der Waals surface area contributed by atoms with Gasteiger partial charge in [0.05, 0.1) is 13.2 Å². The first-order valence-corrected chi connectivity index (χ1v) is 9.84. The Labute approximate surface area is 167 Å². The molecule has 27 heavy (non-hydrogen) atoms. The van der Waals surface area contributed by atoms with Crippen LogP contribution in [-0.2, 0) is 9.53 Å². The summed E-state index contributed by atoms with van der Waals surface area (Å²) in [6.45, 7) is 5.22. The molecule has 2 aromatic rings. The van der Waals surface area contributed by atoms with Gasteiger partial charge in [-0.3, -0.25) is 9.59 Å². The van der Waals surface area contributed by atoms with Crippen molar-refractivity contribution in [1.29, 1.82) is 0 Å². The molecule has 0 unspecified atom stereocenters. The van der Waals surface area contributed by atoms with Gasteiger partial charge in [0, 0.05) is 47.3 Å². The number of carbonyl (C=O) groups is 2. The second-order valence-corrected chi connectivity index (χ2v) is 7.49. The molecule has 0 atom stereocenters. The summed E-state index contributed by atoms with van der Waals surface area (Å²) in [4.78, 5) is 26.7. The van der Waals surface area contributed by atoms with E-state index in [2.05, 4.69) is 32.2 Å². The zero-order chi connectivity index (χ0) is 19.2. The highest BCUT2D eigenvalue weighted by molar-refractivity contribution is 9.10. The van der Waals surface area contributed by atoms with Crippen LogP contribution < -0.4 is 10.2 Å². The number of nitrogens with one attached hydrogen (secondary N) is 1. The predicted molar refractivity (Wildman–Crippen MR) is 111 cm³/mol. The van der Waals surface area contributed by atoms with Gasteiger partial charge in [-0.25, -0.2) is 0 Å². The van der Waals surface area contributed by atoms with Gasteiger partial charge in [-0.2, -0.15) is 0 Å². The van der Waals surface area contributed by atoms with Crippen LogP contribution in [0.4, 0.5) is 11.4 Å². The Morgan fingerprint density at radius 1 is 1.07 bits per heavy atom. The molecule has 1 amide bonds. The topological polar surface area (TPSA) is 58.6 Å². The van der Waals surface area contributed by atoms with Gasteiger partial charge in [-0.15, -0.1) is 0 Å². The molecule has 1 fully saturated rings. The lowest BCUT2D eigenvalue weighted by atomic mass is 10.1. The zero-order valence-corrected chi connectivity index (χ0v) is 16.9. The molecule has 0 bridgehead atoms. The van der Waals surface area contributed by atoms with Crippen molar-refractivity contribution >= 4 is 39.0 Å². The summed E-state index contributed by atoms with van der Waals surface area (Å²) in [5, 5.41) is 2.91. The van der Waals surface area contributed by atoms with Gasteiger partial charge in [0.25, 0.3) is 0 Å². The SMILES string of the molecule is Cc1cc(N2CCOCC2)ccc1NC(=O)CCC(=O)c1ccc(Br)cc1. The fourth-order valence-electron chi connectivity index (χ4n) is 3.03.